The molecule has 1 aliphatic carbocycles. The van der Waals surface area contributed by atoms with Crippen molar-refractivity contribution in [2.24, 2.45) is 5.92 Å². The first-order valence-corrected chi connectivity index (χ1v) is 4.70. The fraction of sp³-hybridized carbons (Fsp3) is 0.800. The molecule has 1 rings (SSSR count). The van der Waals surface area contributed by atoms with Crippen molar-refractivity contribution in [2.75, 3.05) is 6.61 Å². The molecule has 0 saturated heterocycles. The number of rotatable bonds is 2. The summed E-state index contributed by atoms with van der Waals surface area (Å²) in [5, 5.41) is 28.5. The van der Waals surface area contributed by atoms with E-state index in [0.29, 0.717) is 18.4 Å². The molecule has 0 aromatic heterocycles. The van der Waals surface area contributed by atoms with Crippen molar-refractivity contribution in [3.63, 3.8) is 0 Å². The van der Waals surface area contributed by atoms with Gasteiger partial charge in [-0.25, -0.2) is 0 Å². The third kappa shape index (κ3) is 2.10. The van der Waals surface area contributed by atoms with Crippen LogP contribution in [0.1, 0.15) is 26.7 Å². The van der Waals surface area contributed by atoms with Crippen molar-refractivity contribution in [3.05, 3.63) is 11.6 Å². The first-order chi connectivity index (χ1) is 5.99. The van der Waals surface area contributed by atoms with Gasteiger partial charge in [-0.15, -0.1) is 0 Å². The van der Waals surface area contributed by atoms with Gasteiger partial charge >= 0.3 is 0 Å². The van der Waals surface area contributed by atoms with Gasteiger partial charge in [0, 0.05) is 6.42 Å². The Balaban J connectivity index is 2.75. The van der Waals surface area contributed by atoms with Crippen LogP contribution in [0.15, 0.2) is 11.6 Å². The van der Waals surface area contributed by atoms with Crippen LogP contribution in [-0.4, -0.2) is 33.6 Å². The summed E-state index contributed by atoms with van der Waals surface area (Å²) in [6.07, 6.45) is 1.91. The third-order valence-corrected chi connectivity index (χ3v) is 2.95. The summed E-state index contributed by atoms with van der Waals surface area (Å²) in [5.74, 6) is 0.124. The minimum atomic E-state index is -0.807. The van der Waals surface area contributed by atoms with Crippen LogP contribution in [0, 0.1) is 5.92 Å². The summed E-state index contributed by atoms with van der Waals surface area (Å²) in [6.45, 7) is 3.75. The van der Waals surface area contributed by atoms with Crippen LogP contribution < -0.4 is 0 Å². The van der Waals surface area contributed by atoms with E-state index in [1.54, 1.807) is 6.08 Å². The lowest BCUT2D eigenvalue weighted by Gasteiger charge is -2.37. The summed E-state index contributed by atoms with van der Waals surface area (Å²) < 4.78 is 0. The molecule has 76 valence electrons. The Morgan fingerprint density at radius 2 is 2.23 bits per heavy atom. The number of hydrogen-bond acceptors (Lipinski definition) is 3. The second-order valence-corrected chi connectivity index (χ2v) is 4.12. The highest BCUT2D eigenvalue weighted by Crippen LogP contribution is 2.33. The van der Waals surface area contributed by atoms with Gasteiger partial charge < -0.3 is 15.3 Å². The summed E-state index contributed by atoms with van der Waals surface area (Å²) >= 11 is 0. The molecule has 3 heteroatoms. The quantitative estimate of drug-likeness (QED) is 0.549. The summed E-state index contributed by atoms with van der Waals surface area (Å²) in [7, 11) is 0. The average Bonchev–Trinajstić information content (AvgIpc) is 2.04. The highest BCUT2D eigenvalue weighted by Gasteiger charge is 2.36. The minimum Gasteiger partial charge on any atom is -0.392 e. The average molecular weight is 186 g/mol. The summed E-state index contributed by atoms with van der Waals surface area (Å²) in [6, 6.07) is 0. The van der Waals surface area contributed by atoms with Crippen molar-refractivity contribution in [1.29, 1.82) is 0 Å². The first-order valence-electron chi connectivity index (χ1n) is 4.70. The van der Waals surface area contributed by atoms with E-state index in [9.17, 15) is 10.2 Å². The summed E-state index contributed by atoms with van der Waals surface area (Å²) in [5.41, 5.74) is -0.178. The topological polar surface area (TPSA) is 60.7 Å². The van der Waals surface area contributed by atoms with Gasteiger partial charge in [0.15, 0.2) is 0 Å². The molecular weight excluding hydrogens is 168 g/mol. The monoisotopic (exact) mass is 186 g/mol. The van der Waals surface area contributed by atoms with Crippen LogP contribution in [0.3, 0.4) is 0 Å². The molecule has 2 unspecified atom stereocenters. The maximum absolute atomic E-state index is 10.0. The van der Waals surface area contributed by atoms with Gasteiger partial charge in [-0.05, 0) is 17.9 Å². The van der Waals surface area contributed by atoms with Gasteiger partial charge in [0.1, 0.15) is 0 Å². The molecule has 0 fully saturated rings. The SMILES string of the molecule is CC(C)C1(O)CC=C(CO)C(O)C1. The molecule has 13 heavy (non-hydrogen) atoms. The fourth-order valence-electron chi connectivity index (χ4n) is 1.63. The lowest BCUT2D eigenvalue weighted by molar-refractivity contribution is -0.0454. The van der Waals surface area contributed by atoms with E-state index in [0.717, 1.165) is 0 Å². The zero-order chi connectivity index (χ0) is 10.1. The highest BCUT2D eigenvalue weighted by molar-refractivity contribution is 5.16. The van der Waals surface area contributed by atoms with Gasteiger partial charge in [0.25, 0.3) is 0 Å². The van der Waals surface area contributed by atoms with Crippen LogP contribution in [-0.2, 0) is 0 Å². The van der Waals surface area contributed by atoms with Crippen LogP contribution in [0.4, 0.5) is 0 Å². The molecule has 2 atom stereocenters. The van der Waals surface area contributed by atoms with E-state index in [4.69, 9.17) is 5.11 Å². The standard InChI is InChI=1S/C10H18O3/c1-7(2)10(13)4-3-8(6-11)9(12)5-10/h3,7,9,11-13H,4-6H2,1-2H3. The lowest BCUT2D eigenvalue weighted by Crippen LogP contribution is -2.42. The number of aliphatic hydroxyl groups is 3. The van der Waals surface area contributed by atoms with Crippen molar-refractivity contribution in [2.45, 2.75) is 38.4 Å². The van der Waals surface area contributed by atoms with Gasteiger partial charge in [0.2, 0.25) is 0 Å². The normalized spacial score (nSPS) is 34.9. The zero-order valence-electron chi connectivity index (χ0n) is 8.20. The molecule has 0 amide bonds. The van der Waals surface area contributed by atoms with Crippen LogP contribution >= 0.6 is 0 Å². The highest BCUT2D eigenvalue weighted by atomic mass is 16.3. The van der Waals surface area contributed by atoms with Gasteiger partial charge in [-0.2, -0.15) is 0 Å². The molecule has 0 heterocycles. The Kier molecular flexibility index (Phi) is 3.11. The number of hydrogen-bond donors (Lipinski definition) is 3. The molecule has 0 aliphatic heterocycles. The van der Waals surface area contributed by atoms with Crippen molar-refractivity contribution >= 4 is 0 Å². The van der Waals surface area contributed by atoms with E-state index in [1.807, 2.05) is 13.8 Å². The van der Waals surface area contributed by atoms with Crippen LogP contribution in [0.5, 0.6) is 0 Å². The molecule has 1 aliphatic rings. The maximum Gasteiger partial charge on any atom is 0.0799 e. The number of aliphatic hydroxyl groups excluding tert-OH is 2. The van der Waals surface area contributed by atoms with E-state index in [-0.39, 0.29) is 12.5 Å². The molecule has 0 spiro atoms. The minimum absolute atomic E-state index is 0.116. The first kappa shape index (κ1) is 10.7. The third-order valence-electron chi connectivity index (χ3n) is 2.95. The Morgan fingerprint density at radius 1 is 1.62 bits per heavy atom. The molecule has 0 bridgehead atoms. The van der Waals surface area contributed by atoms with Gasteiger partial charge in [-0.3, -0.25) is 0 Å². The van der Waals surface area contributed by atoms with E-state index < -0.39 is 11.7 Å². The molecule has 3 N–H and O–H groups in total. The fourth-order valence-corrected chi connectivity index (χ4v) is 1.63. The van der Waals surface area contributed by atoms with E-state index in [1.165, 1.54) is 0 Å². The van der Waals surface area contributed by atoms with Crippen LogP contribution in [0.25, 0.3) is 0 Å². The Hall–Kier alpha value is -0.380. The Morgan fingerprint density at radius 3 is 2.62 bits per heavy atom. The Bertz CT molecular complexity index is 210. The second kappa shape index (κ2) is 3.78. The van der Waals surface area contributed by atoms with Gasteiger partial charge in [0.05, 0.1) is 18.3 Å². The molecule has 0 aromatic carbocycles. The van der Waals surface area contributed by atoms with E-state index in [2.05, 4.69) is 0 Å². The van der Waals surface area contributed by atoms with E-state index >= 15 is 0 Å². The maximum atomic E-state index is 10.0. The molecule has 0 aromatic rings. The predicted octanol–water partition coefficient (Wildman–Crippen LogP) is 0.447. The van der Waals surface area contributed by atoms with Crippen molar-refractivity contribution < 1.29 is 15.3 Å². The molecule has 0 radical (unpaired) electrons. The van der Waals surface area contributed by atoms with Crippen molar-refractivity contribution in [3.8, 4) is 0 Å². The Labute approximate surface area is 78.7 Å². The lowest BCUT2D eigenvalue weighted by atomic mass is 9.77. The van der Waals surface area contributed by atoms with Crippen molar-refractivity contribution in [1.82, 2.24) is 0 Å². The summed E-state index contributed by atoms with van der Waals surface area (Å²) in [4.78, 5) is 0. The molecule has 0 saturated carbocycles. The molecule has 3 nitrogen and oxygen atoms in total. The largest absolute Gasteiger partial charge is 0.392 e. The van der Waals surface area contributed by atoms with Crippen LogP contribution in [0.2, 0.25) is 0 Å². The van der Waals surface area contributed by atoms with Gasteiger partial charge in [-0.1, -0.05) is 19.9 Å². The predicted molar refractivity (Wildman–Crippen MR) is 50.2 cm³/mol. The smallest absolute Gasteiger partial charge is 0.0799 e. The second-order valence-electron chi connectivity index (χ2n) is 4.12. The molecular formula is C10H18O3. The zero-order valence-corrected chi connectivity index (χ0v) is 8.20.